The van der Waals surface area contributed by atoms with Gasteiger partial charge >= 0.3 is 6.01 Å². The van der Waals surface area contributed by atoms with Crippen molar-refractivity contribution in [3.63, 3.8) is 0 Å². The highest BCUT2D eigenvalue weighted by molar-refractivity contribution is 5.48. The van der Waals surface area contributed by atoms with Gasteiger partial charge in [0.1, 0.15) is 5.82 Å². The lowest BCUT2D eigenvalue weighted by Gasteiger charge is -2.17. The number of ether oxygens (including phenoxy) is 1. The number of hydrogen-bond donors (Lipinski definition) is 0. The standard InChI is InChI=1S/C23H26N6O/c1-18-7-6-8-19(15-18)17-25-28-21-16-22(29-12-4-5-13-29)27-23(26-21)30-14-10-20-9-2-3-11-24-20/h2-3,6-9,11,15-16H,4-5,10,12-14,17H2,1H3. The number of aromatic nitrogens is 3. The van der Waals surface area contributed by atoms with Gasteiger partial charge in [-0.2, -0.15) is 15.1 Å². The zero-order chi connectivity index (χ0) is 20.6. The molecule has 2 aromatic heterocycles. The fourth-order valence-corrected chi connectivity index (χ4v) is 3.42. The van der Waals surface area contributed by atoms with E-state index < -0.39 is 0 Å². The summed E-state index contributed by atoms with van der Waals surface area (Å²) in [6.45, 7) is 5.03. The van der Waals surface area contributed by atoms with Crippen LogP contribution in [0.3, 0.4) is 0 Å². The van der Waals surface area contributed by atoms with Crippen molar-refractivity contribution >= 4 is 11.6 Å². The molecule has 3 aromatic rings. The molecule has 3 heterocycles. The molecule has 0 atom stereocenters. The molecule has 0 radical (unpaired) electrons. The van der Waals surface area contributed by atoms with Crippen molar-refractivity contribution in [2.75, 3.05) is 24.6 Å². The third kappa shape index (κ3) is 5.59. The molecule has 7 nitrogen and oxygen atoms in total. The van der Waals surface area contributed by atoms with Crippen molar-refractivity contribution in [2.24, 2.45) is 10.2 Å². The number of hydrogen-bond acceptors (Lipinski definition) is 7. The normalized spacial score (nSPS) is 13.8. The predicted molar refractivity (Wildman–Crippen MR) is 116 cm³/mol. The Morgan fingerprint density at radius 3 is 2.73 bits per heavy atom. The maximum absolute atomic E-state index is 5.84. The van der Waals surface area contributed by atoms with Crippen molar-refractivity contribution in [3.05, 3.63) is 71.5 Å². The molecule has 0 unspecified atom stereocenters. The van der Waals surface area contributed by atoms with Gasteiger partial charge in [0.15, 0.2) is 5.82 Å². The minimum Gasteiger partial charge on any atom is -0.463 e. The number of azo groups is 1. The van der Waals surface area contributed by atoms with E-state index in [1.807, 2.05) is 36.4 Å². The topological polar surface area (TPSA) is 75.9 Å². The van der Waals surface area contributed by atoms with Gasteiger partial charge in [0.25, 0.3) is 0 Å². The van der Waals surface area contributed by atoms with Crippen LogP contribution in [0, 0.1) is 6.92 Å². The molecule has 1 aliphatic heterocycles. The average Bonchev–Trinajstić information content (AvgIpc) is 3.30. The molecule has 1 aliphatic rings. The van der Waals surface area contributed by atoms with E-state index in [9.17, 15) is 0 Å². The molecule has 0 aliphatic carbocycles. The molecule has 0 bridgehead atoms. The Morgan fingerprint density at radius 2 is 1.93 bits per heavy atom. The third-order valence-corrected chi connectivity index (χ3v) is 4.93. The number of rotatable bonds is 8. The first-order chi connectivity index (χ1) is 14.8. The largest absolute Gasteiger partial charge is 0.463 e. The lowest BCUT2D eigenvalue weighted by molar-refractivity contribution is 0.295. The van der Waals surface area contributed by atoms with Crippen LogP contribution in [0.4, 0.5) is 11.6 Å². The van der Waals surface area contributed by atoms with Gasteiger partial charge in [-0.3, -0.25) is 4.98 Å². The van der Waals surface area contributed by atoms with Gasteiger partial charge in [-0.05, 0) is 37.5 Å². The third-order valence-electron chi connectivity index (χ3n) is 4.93. The van der Waals surface area contributed by atoms with E-state index >= 15 is 0 Å². The summed E-state index contributed by atoms with van der Waals surface area (Å²) < 4.78 is 5.84. The van der Waals surface area contributed by atoms with Gasteiger partial charge in [0.2, 0.25) is 0 Å². The maximum atomic E-state index is 5.84. The average molecular weight is 403 g/mol. The van der Waals surface area contributed by atoms with Crippen molar-refractivity contribution < 1.29 is 4.74 Å². The van der Waals surface area contributed by atoms with E-state index in [2.05, 4.69) is 49.1 Å². The number of aryl methyl sites for hydroxylation is 1. The molecular formula is C23H26N6O. The minimum atomic E-state index is 0.333. The van der Waals surface area contributed by atoms with Gasteiger partial charge in [-0.15, -0.1) is 5.11 Å². The van der Waals surface area contributed by atoms with Crippen LogP contribution >= 0.6 is 0 Å². The molecule has 0 amide bonds. The van der Waals surface area contributed by atoms with Crippen LogP contribution in [0.5, 0.6) is 6.01 Å². The summed E-state index contributed by atoms with van der Waals surface area (Å²) >= 11 is 0. The Kier molecular flexibility index (Phi) is 6.59. The molecule has 1 aromatic carbocycles. The van der Waals surface area contributed by atoms with Crippen molar-refractivity contribution in [3.8, 4) is 6.01 Å². The van der Waals surface area contributed by atoms with Gasteiger partial charge in [-0.25, -0.2) is 0 Å². The first-order valence-electron chi connectivity index (χ1n) is 10.4. The van der Waals surface area contributed by atoms with Crippen molar-refractivity contribution in [2.45, 2.75) is 32.7 Å². The minimum absolute atomic E-state index is 0.333. The smallest absolute Gasteiger partial charge is 0.320 e. The first kappa shape index (κ1) is 19.9. The SMILES string of the molecule is Cc1cccc(CN=Nc2cc(N3CCCC3)nc(OCCc3ccccn3)n2)c1. The fourth-order valence-electron chi connectivity index (χ4n) is 3.42. The summed E-state index contributed by atoms with van der Waals surface area (Å²) in [7, 11) is 0. The highest BCUT2D eigenvalue weighted by Gasteiger charge is 2.16. The lowest BCUT2D eigenvalue weighted by atomic mass is 10.1. The van der Waals surface area contributed by atoms with Crippen LogP contribution in [0.1, 0.15) is 29.7 Å². The zero-order valence-electron chi connectivity index (χ0n) is 17.2. The van der Waals surface area contributed by atoms with Gasteiger partial charge in [0.05, 0.1) is 13.2 Å². The Labute approximate surface area is 176 Å². The molecule has 4 rings (SSSR count). The second kappa shape index (κ2) is 9.91. The van der Waals surface area contributed by atoms with Crippen LogP contribution in [-0.4, -0.2) is 34.6 Å². The second-order valence-electron chi connectivity index (χ2n) is 7.37. The molecular weight excluding hydrogens is 376 g/mol. The Bertz CT molecular complexity index is 986. The molecule has 0 spiro atoms. The highest BCUT2D eigenvalue weighted by Crippen LogP contribution is 2.25. The quantitative estimate of drug-likeness (QED) is 0.511. The first-order valence-corrected chi connectivity index (χ1v) is 10.4. The molecule has 0 N–H and O–H groups in total. The van der Waals surface area contributed by atoms with Crippen LogP contribution < -0.4 is 9.64 Å². The molecule has 154 valence electrons. The molecule has 0 saturated carbocycles. The van der Waals surface area contributed by atoms with E-state index in [4.69, 9.17) is 4.74 Å². The summed E-state index contributed by atoms with van der Waals surface area (Å²) in [5.74, 6) is 1.37. The van der Waals surface area contributed by atoms with E-state index in [1.165, 1.54) is 18.4 Å². The monoisotopic (exact) mass is 402 g/mol. The zero-order valence-corrected chi connectivity index (χ0v) is 17.2. The van der Waals surface area contributed by atoms with E-state index in [0.717, 1.165) is 30.2 Å². The van der Waals surface area contributed by atoms with Crippen LogP contribution in [0.15, 0.2) is 65.0 Å². The Hall–Kier alpha value is -3.35. The van der Waals surface area contributed by atoms with Crippen LogP contribution in [-0.2, 0) is 13.0 Å². The van der Waals surface area contributed by atoms with Gasteiger partial charge in [-0.1, -0.05) is 35.9 Å². The van der Waals surface area contributed by atoms with Crippen molar-refractivity contribution in [1.82, 2.24) is 15.0 Å². The summed E-state index contributed by atoms with van der Waals surface area (Å²) in [5, 5.41) is 8.69. The second-order valence-corrected chi connectivity index (χ2v) is 7.37. The number of anilines is 1. The maximum Gasteiger partial charge on any atom is 0.320 e. The lowest BCUT2D eigenvalue weighted by Crippen LogP contribution is -2.19. The summed E-state index contributed by atoms with van der Waals surface area (Å²) in [4.78, 5) is 15.6. The van der Waals surface area contributed by atoms with Gasteiger partial charge < -0.3 is 9.64 Å². The fraction of sp³-hybridized carbons (Fsp3) is 0.348. The van der Waals surface area contributed by atoms with E-state index in [-0.39, 0.29) is 0 Å². The molecule has 1 saturated heterocycles. The Morgan fingerprint density at radius 1 is 1.03 bits per heavy atom. The summed E-state index contributed by atoms with van der Waals surface area (Å²) in [6, 6.07) is 16.3. The molecule has 7 heteroatoms. The van der Waals surface area contributed by atoms with E-state index in [0.29, 0.717) is 31.4 Å². The van der Waals surface area contributed by atoms with E-state index in [1.54, 1.807) is 6.20 Å². The van der Waals surface area contributed by atoms with Crippen LogP contribution in [0.25, 0.3) is 0 Å². The number of benzene rings is 1. The Balaban J connectivity index is 1.46. The van der Waals surface area contributed by atoms with Crippen LogP contribution in [0.2, 0.25) is 0 Å². The van der Waals surface area contributed by atoms with Gasteiger partial charge in [0, 0.05) is 37.5 Å². The number of pyridine rings is 1. The molecule has 30 heavy (non-hydrogen) atoms. The molecule has 1 fully saturated rings. The number of nitrogens with zero attached hydrogens (tertiary/aromatic N) is 6. The summed E-state index contributed by atoms with van der Waals surface area (Å²) in [5.41, 5.74) is 3.32. The van der Waals surface area contributed by atoms with Crippen molar-refractivity contribution in [1.29, 1.82) is 0 Å². The highest BCUT2D eigenvalue weighted by atomic mass is 16.5. The summed E-state index contributed by atoms with van der Waals surface area (Å²) in [6.07, 6.45) is 4.82. The predicted octanol–water partition coefficient (Wildman–Crippen LogP) is 4.69.